The summed E-state index contributed by atoms with van der Waals surface area (Å²) in [5, 5.41) is 8.23. The van der Waals surface area contributed by atoms with Gasteiger partial charge in [-0.15, -0.1) is 5.10 Å². The summed E-state index contributed by atoms with van der Waals surface area (Å²) < 4.78 is 8.28. The van der Waals surface area contributed by atoms with E-state index in [1.54, 1.807) is 30.0 Å². The van der Waals surface area contributed by atoms with Crippen LogP contribution in [0, 0.1) is 6.92 Å². The first-order valence-electron chi connectivity index (χ1n) is 6.81. The topological polar surface area (TPSA) is 104 Å². The van der Waals surface area contributed by atoms with Gasteiger partial charge in [-0.05, 0) is 19.1 Å². The highest BCUT2D eigenvalue weighted by molar-refractivity contribution is 5.56. The van der Waals surface area contributed by atoms with E-state index in [0.717, 1.165) is 5.69 Å². The minimum atomic E-state index is -0.110. The zero-order chi connectivity index (χ0) is 16.0. The van der Waals surface area contributed by atoms with Crippen molar-refractivity contribution in [1.82, 2.24) is 34.3 Å². The zero-order valence-electron chi connectivity index (χ0n) is 12.3. The van der Waals surface area contributed by atoms with Crippen molar-refractivity contribution >= 4 is 5.78 Å². The Morgan fingerprint density at radius 2 is 2.00 bits per heavy atom. The lowest BCUT2D eigenvalue weighted by Gasteiger charge is -1.97. The van der Waals surface area contributed by atoms with Gasteiger partial charge < -0.3 is 9.09 Å². The maximum Gasteiger partial charge on any atom is 0.297 e. The molecule has 9 nitrogen and oxygen atoms in total. The average Bonchev–Trinajstić information content (AvgIpc) is 3.17. The lowest BCUT2D eigenvalue weighted by molar-refractivity contribution is 0.429. The van der Waals surface area contributed by atoms with Gasteiger partial charge in [0, 0.05) is 36.8 Å². The quantitative estimate of drug-likeness (QED) is 0.540. The minimum Gasteiger partial charge on any atom is -0.330 e. The van der Waals surface area contributed by atoms with Crippen molar-refractivity contribution in [1.29, 1.82) is 0 Å². The summed E-state index contributed by atoms with van der Waals surface area (Å²) in [6.07, 6.45) is 3.30. The van der Waals surface area contributed by atoms with Gasteiger partial charge in [-0.2, -0.15) is 9.97 Å². The fourth-order valence-electron chi connectivity index (χ4n) is 2.15. The smallest absolute Gasteiger partial charge is 0.297 e. The number of hydrogen-bond acceptors (Lipinski definition) is 7. The molecule has 4 aromatic rings. The van der Waals surface area contributed by atoms with E-state index in [2.05, 4.69) is 25.2 Å². The summed E-state index contributed by atoms with van der Waals surface area (Å²) in [5.74, 6) is 1.31. The Balaban J connectivity index is 1.78. The first-order chi connectivity index (χ1) is 11.1. The lowest BCUT2D eigenvalue weighted by atomic mass is 10.3. The van der Waals surface area contributed by atoms with E-state index in [-0.39, 0.29) is 11.4 Å². The molecule has 0 N–H and O–H groups in total. The molecular weight excluding hydrogens is 298 g/mol. The van der Waals surface area contributed by atoms with Crippen molar-refractivity contribution in [3.05, 3.63) is 46.6 Å². The summed E-state index contributed by atoms with van der Waals surface area (Å²) in [4.78, 5) is 24.1. The van der Waals surface area contributed by atoms with Crippen LogP contribution in [0.4, 0.5) is 0 Å². The molecule has 0 radical (unpaired) electrons. The van der Waals surface area contributed by atoms with Crippen molar-refractivity contribution in [2.45, 2.75) is 6.92 Å². The highest BCUT2D eigenvalue weighted by Crippen LogP contribution is 2.19. The van der Waals surface area contributed by atoms with Gasteiger partial charge in [0.05, 0.1) is 0 Å². The van der Waals surface area contributed by atoms with Crippen LogP contribution in [0.2, 0.25) is 0 Å². The lowest BCUT2D eigenvalue weighted by Crippen LogP contribution is -2.14. The maximum absolute atomic E-state index is 11.4. The first-order valence-corrected chi connectivity index (χ1v) is 6.81. The molecule has 0 saturated heterocycles. The van der Waals surface area contributed by atoms with Crippen LogP contribution in [-0.4, -0.2) is 34.3 Å². The number of nitrogens with zero attached hydrogens (tertiary/aromatic N) is 7. The third kappa shape index (κ3) is 2.18. The third-order valence-electron chi connectivity index (χ3n) is 3.39. The van der Waals surface area contributed by atoms with Crippen molar-refractivity contribution in [2.24, 2.45) is 7.05 Å². The van der Waals surface area contributed by atoms with Gasteiger partial charge in [-0.3, -0.25) is 4.79 Å². The second-order valence-electron chi connectivity index (χ2n) is 5.02. The Morgan fingerprint density at radius 3 is 2.78 bits per heavy atom. The summed E-state index contributed by atoms with van der Waals surface area (Å²) in [7, 11) is 1.66. The SMILES string of the molecule is Cc1ccnc2nc(-c3nc(-c4ccc(=O)n(C)c4)no3)nn12. The third-order valence-corrected chi connectivity index (χ3v) is 3.39. The summed E-state index contributed by atoms with van der Waals surface area (Å²) in [6.45, 7) is 1.90. The minimum absolute atomic E-state index is 0.110. The molecule has 0 aromatic carbocycles. The second-order valence-corrected chi connectivity index (χ2v) is 5.02. The van der Waals surface area contributed by atoms with Gasteiger partial charge >= 0.3 is 0 Å². The molecule has 114 valence electrons. The molecule has 4 rings (SSSR count). The van der Waals surface area contributed by atoms with Crippen molar-refractivity contribution in [2.75, 3.05) is 0 Å². The van der Waals surface area contributed by atoms with E-state index in [9.17, 15) is 4.79 Å². The summed E-state index contributed by atoms with van der Waals surface area (Å²) >= 11 is 0. The molecular formula is C14H11N7O2. The van der Waals surface area contributed by atoms with Crippen LogP contribution in [0.15, 0.2) is 39.9 Å². The zero-order valence-corrected chi connectivity index (χ0v) is 12.3. The van der Waals surface area contributed by atoms with Crippen molar-refractivity contribution in [3.8, 4) is 23.1 Å². The molecule has 0 bridgehead atoms. The Morgan fingerprint density at radius 1 is 1.13 bits per heavy atom. The molecule has 0 atom stereocenters. The number of fused-ring (bicyclic) bond motifs is 1. The number of aryl methyl sites for hydroxylation is 2. The highest BCUT2D eigenvalue weighted by Gasteiger charge is 2.16. The van der Waals surface area contributed by atoms with Crippen LogP contribution in [0.1, 0.15) is 5.69 Å². The van der Waals surface area contributed by atoms with Crippen LogP contribution in [-0.2, 0) is 7.05 Å². The van der Waals surface area contributed by atoms with Gasteiger partial charge in [0.1, 0.15) is 0 Å². The molecule has 0 saturated carbocycles. The van der Waals surface area contributed by atoms with E-state index >= 15 is 0 Å². The normalized spacial score (nSPS) is 11.2. The Hall–Kier alpha value is -3.36. The molecule has 0 aliphatic rings. The molecule has 4 aromatic heterocycles. The van der Waals surface area contributed by atoms with Gasteiger partial charge in [0.15, 0.2) is 0 Å². The van der Waals surface area contributed by atoms with Crippen LogP contribution in [0.5, 0.6) is 0 Å². The van der Waals surface area contributed by atoms with E-state index in [4.69, 9.17) is 4.52 Å². The van der Waals surface area contributed by atoms with E-state index in [1.165, 1.54) is 10.6 Å². The monoisotopic (exact) mass is 309 g/mol. The van der Waals surface area contributed by atoms with E-state index in [0.29, 0.717) is 23.0 Å². The number of aromatic nitrogens is 7. The molecule has 0 fully saturated rings. The fourth-order valence-corrected chi connectivity index (χ4v) is 2.15. The summed E-state index contributed by atoms with van der Waals surface area (Å²) in [5.41, 5.74) is 1.45. The Labute approximate surface area is 129 Å². The van der Waals surface area contributed by atoms with Crippen LogP contribution >= 0.6 is 0 Å². The largest absolute Gasteiger partial charge is 0.330 e. The maximum atomic E-state index is 11.4. The fraction of sp³-hybridized carbons (Fsp3) is 0.143. The second kappa shape index (κ2) is 4.83. The first kappa shape index (κ1) is 13.3. The van der Waals surface area contributed by atoms with Crippen LogP contribution in [0.3, 0.4) is 0 Å². The van der Waals surface area contributed by atoms with E-state index < -0.39 is 0 Å². The Bertz CT molecular complexity index is 1080. The number of pyridine rings is 1. The van der Waals surface area contributed by atoms with Crippen LogP contribution < -0.4 is 5.56 Å². The predicted octanol–water partition coefficient (Wildman–Crippen LogP) is 0.848. The molecule has 23 heavy (non-hydrogen) atoms. The summed E-state index contributed by atoms with van der Waals surface area (Å²) in [6, 6.07) is 4.91. The van der Waals surface area contributed by atoms with Gasteiger partial charge in [0.25, 0.3) is 11.7 Å². The van der Waals surface area contributed by atoms with Gasteiger partial charge in [0.2, 0.25) is 17.2 Å². The Kier molecular flexibility index (Phi) is 2.80. The molecule has 0 unspecified atom stereocenters. The standard InChI is InChI=1S/C14H11N7O2/c1-8-5-6-15-14-17-12(18-21(8)14)13-16-11(19-23-13)9-3-4-10(22)20(2)7-9/h3-7H,1-2H3. The van der Waals surface area contributed by atoms with Crippen molar-refractivity contribution in [3.63, 3.8) is 0 Å². The number of hydrogen-bond donors (Lipinski definition) is 0. The molecule has 4 heterocycles. The van der Waals surface area contributed by atoms with E-state index in [1.807, 2.05) is 13.0 Å². The molecule has 9 heteroatoms. The van der Waals surface area contributed by atoms with Crippen LogP contribution in [0.25, 0.3) is 28.9 Å². The van der Waals surface area contributed by atoms with Gasteiger partial charge in [-0.1, -0.05) is 5.16 Å². The number of rotatable bonds is 2. The molecule has 0 aliphatic heterocycles. The molecule has 0 spiro atoms. The predicted molar refractivity (Wildman–Crippen MR) is 79.5 cm³/mol. The average molecular weight is 309 g/mol. The van der Waals surface area contributed by atoms with Crippen molar-refractivity contribution < 1.29 is 4.52 Å². The van der Waals surface area contributed by atoms with Gasteiger partial charge in [-0.25, -0.2) is 9.50 Å². The molecule has 0 aliphatic carbocycles. The highest BCUT2D eigenvalue weighted by atomic mass is 16.5. The molecule has 0 amide bonds.